The van der Waals surface area contributed by atoms with Gasteiger partial charge in [0.25, 0.3) is 0 Å². The van der Waals surface area contributed by atoms with E-state index >= 15 is 0 Å². The van der Waals surface area contributed by atoms with Gasteiger partial charge >= 0.3 is 5.97 Å². The highest BCUT2D eigenvalue weighted by atomic mass is 32.2. The van der Waals surface area contributed by atoms with Crippen LogP contribution in [-0.2, 0) is 9.53 Å². The molecule has 4 nitrogen and oxygen atoms in total. The van der Waals surface area contributed by atoms with Crippen LogP contribution in [0.1, 0.15) is 27.2 Å². The van der Waals surface area contributed by atoms with E-state index in [0.29, 0.717) is 17.6 Å². The Labute approximate surface area is 108 Å². The number of nitrogens with one attached hydrogen (secondary N) is 1. The summed E-state index contributed by atoms with van der Waals surface area (Å²) < 4.78 is 4.80. The van der Waals surface area contributed by atoms with Gasteiger partial charge in [0.15, 0.2) is 0 Å². The maximum absolute atomic E-state index is 11.7. The van der Waals surface area contributed by atoms with E-state index in [9.17, 15) is 4.79 Å². The van der Waals surface area contributed by atoms with Crippen LogP contribution in [0.5, 0.6) is 0 Å². The molecule has 2 N–H and O–H groups in total. The molecule has 0 aromatic carbocycles. The number of hydrogen-bond acceptors (Lipinski definition) is 5. The molecule has 0 heterocycles. The van der Waals surface area contributed by atoms with Gasteiger partial charge in [0.2, 0.25) is 0 Å². The second kappa shape index (κ2) is 7.95. The minimum atomic E-state index is -0.635. The fourth-order valence-electron chi connectivity index (χ4n) is 1.53. The molecule has 0 amide bonds. The summed E-state index contributed by atoms with van der Waals surface area (Å²) in [6.45, 7) is 6.16. The molecule has 0 aliphatic carbocycles. The van der Waals surface area contributed by atoms with Crippen molar-refractivity contribution in [2.75, 3.05) is 26.5 Å². The van der Waals surface area contributed by atoms with Gasteiger partial charge < -0.3 is 15.2 Å². The molecule has 0 bridgehead atoms. The van der Waals surface area contributed by atoms with Gasteiger partial charge in [-0.15, -0.1) is 0 Å². The number of aliphatic hydroxyl groups excluding tert-OH is 1. The lowest BCUT2D eigenvalue weighted by Crippen LogP contribution is -2.49. The molecule has 102 valence electrons. The Morgan fingerprint density at radius 2 is 2.12 bits per heavy atom. The predicted octanol–water partition coefficient (Wildman–Crippen LogP) is 1.28. The number of likely N-dealkylation sites (N-methyl/N-ethyl adjacent to an activating group) is 1. The molecule has 0 aromatic heterocycles. The van der Waals surface area contributed by atoms with Crippen molar-refractivity contribution in [3.63, 3.8) is 0 Å². The minimum Gasteiger partial charge on any atom is -0.468 e. The van der Waals surface area contributed by atoms with E-state index in [1.165, 1.54) is 7.11 Å². The summed E-state index contributed by atoms with van der Waals surface area (Å²) in [4.78, 5) is 11.7. The van der Waals surface area contributed by atoms with Crippen molar-refractivity contribution in [3.05, 3.63) is 0 Å². The summed E-state index contributed by atoms with van der Waals surface area (Å²) in [7, 11) is 3.17. The van der Waals surface area contributed by atoms with Gasteiger partial charge in [-0.1, -0.05) is 13.8 Å². The van der Waals surface area contributed by atoms with Crippen molar-refractivity contribution in [2.24, 2.45) is 5.92 Å². The van der Waals surface area contributed by atoms with Crippen LogP contribution in [0.15, 0.2) is 0 Å². The molecule has 0 aliphatic rings. The van der Waals surface area contributed by atoms with Crippen molar-refractivity contribution in [2.45, 2.75) is 38.0 Å². The standard InChI is InChI=1S/C12H25NO3S/c1-9(7-14)8-17-10(2)6-12(3,13-4)11(15)16-5/h9-10,13-14H,6-8H2,1-5H3. The van der Waals surface area contributed by atoms with Crippen LogP contribution >= 0.6 is 11.8 Å². The van der Waals surface area contributed by atoms with Crippen LogP contribution in [0.3, 0.4) is 0 Å². The highest BCUT2D eigenvalue weighted by Crippen LogP contribution is 2.24. The number of hydrogen-bond donors (Lipinski definition) is 2. The molecule has 17 heavy (non-hydrogen) atoms. The first kappa shape index (κ1) is 16.7. The van der Waals surface area contributed by atoms with E-state index in [1.807, 2.05) is 13.8 Å². The molecule has 0 spiro atoms. The van der Waals surface area contributed by atoms with Gasteiger partial charge in [-0.3, -0.25) is 4.79 Å². The van der Waals surface area contributed by atoms with Gasteiger partial charge in [0, 0.05) is 11.9 Å². The number of aliphatic hydroxyl groups is 1. The van der Waals surface area contributed by atoms with Crippen molar-refractivity contribution in [1.29, 1.82) is 0 Å². The molecule has 0 aliphatic heterocycles. The maximum Gasteiger partial charge on any atom is 0.325 e. The summed E-state index contributed by atoms with van der Waals surface area (Å²) in [5.41, 5.74) is -0.635. The van der Waals surface area contributed by atoms with Crippen LogP contribution in [0.2, 0.25) is 0 Å². The summed E-state index contributed by atoms with van der Waals surface area (Å²) in [5, 5.41) is 12.3. The van der Waals surface area contributed by atoms with Crippen LogP contribution < -0.4 is 5.32 Å². The highest BCUT2D eigenvalue weighted by molar-refractivity contribution is 7.99. The lowest BCUT2D eigenvalue weighted by atomic mass is 9.96. The minimum absolute atomic E-state index is 0.208. The number of rotatable bonds is 8. The molecular weight excluding hydrogens is 238 g/mol. The van der Waals surface area contributed by atoms with Gasteiger partial charge in [0.1, 0.15) is 5.54 Å². The number of methoxy groups -OCH3 is 1. The Kier molecular flexibility index (Phi) is 7.83. The quantitative estimate of drug-likeness (QED) is 0.646. The van der Waals surface area contributed by atoms with E-state index in [-0.39, 0.29) is 12.6 Å². The molecule has 0 radical (unpaired) electrons. The van der Waals surface area contributed by atoms with Gasteiger partial charge in [-0.05, 0) is 32.1 Å². The Bertz CT molecular complexity index is 238. The monoisotopic (exact) mass is 263 g/mol. The van der Waals surface area contributed by atoms with E-state index in [1.54, 1.807) is 18.8 Å². The molecular formula is C12H25NO3S. The third-order valence-corrected chi connectivity index (χ3v) is 4.36. The van der Waals surface area contributed by atoms with E-state index in [4.69, 9.17) is 9.84 Å². The van der Waals surface area contributed by atoms with Gasteiger partial charge in [-0.2, -0.15) is 11.8 Å². The largest absolute Gasteiger partial charge is 0.468 e. The van der Waals surface area contributed by atoms with Crippen LogP contribution in [-0.4, -0.2) is 48.4 Å². The van der Waals surface area contributed by atoms with E-state index in [2.05, 4.69) is 12.2 Å². The Hall–Kier alpha value is -0.260. The molecule has 5 heteroatoms. The summed E-state index contributed by atoms with van der Waals surface area (Å²) in [6, 6.07) is 0. The third-order valence-electron chi connectivity index (χ3n) is 2.86. The van der Waals surface area contributed by atoms with Gasteiger partial charge in [0.05, 0.1) is 7.11 Å². The van der Waals surface area contributed by atoms with E-state index < -0.39 is 5.54 Å². The zero-order chi connectivity index (χ0) is 13.5. The first-order chi connectivity index (χ1) is 7.89. The van der Waals surface area contributed by atoms with Crippen LogP contribution in [0.4, 0.5) is 0 Å². The zero-order valence-corrected chi connectivity index (χ0v) is 12.3. The molecule has 0 saturated heterocycles. The second-order valence-corrected chi connectivity index (χ2v) is 6.18. The fourth-order valence-corrected chi connectivity index (χ4v) is 2.74. The maximum atomic E-state index is 11.7. The number of ether oxygens (including phenoxy) is 1. The normalized spacial score (nSPS) is 18.2. The smallest absolute Gasteiger partial charge is 0.325 e. The number of esters is 1. The highest BCUT2D eigenvalue weighted by Gasteiger charge is 2.34. The summed E-state index contributed by atoms with van der Waals surface area (Å²) in [6.07, 6.45) is 0.707. The van der Waals surface area contributed by atoms with Crippen LogP contribution in [0.25, 0.3) is 0 Å². The van der Waals surface area contributed by atoms with Crippen molar-refractivity contribution in [3.8, 4) is 0 Å². The fraction of sp³-hybridized carbons (Fsp3) is 0.917. The average molecular weight is 263 g/mol. The predicted molar refractivity (Wildman–Crippen MR) is 72.3 cm³/mol. The Morgan fingerprint density at radius 3 is 2.53 bits per heavy atom. The lowest BCUT2D eigenvalue weighted by molar-refractivity contribution is -0.147. The molecule has 3 unspecified atom stereocenters. The summed E-state index contributed by atoms with van der Waals surface area (Å²) >= 11 is 1.77. The molecule has 0 saturated carbocycles. The number of thioether (sulfide) groups is 1. The van der Waals surface area contributed by atoms with Crippen molar-refractivity contribution >= 4 is 17.7 Å². The Balaban J connectivity index is 4.23. The van der Waals surface area contributed by atoms with Crippen LogP contribution in [0, 0.1) is 5.92 Å². The summed E-state index contributed by atoms with van der Waals surface area (Å²) in [5.74, 6) is 0.961. The average Bonchev–Trinajstić information content (AvgIpc) is 2.34. The first-order valence-corrected chi connectivity index (χ1v) is 6.94. The first-order valence-electron chi connectivity index (χ1n) is 5.89. The van der Waals surface area contributed by atoms with Crippen molar-refractivity contribution in [1.82, 2.24) is 5.32 Å². The van der Waals surface area contributed by atoms with E-state index in [0.717, 1.165) is 5.75 Å². The Morgan fingerprint density at radius 1 is 1.53 bits per heavy atom. The number of carbonyl (C=O) groups is 1. The second-order valence-electron chi connectivity index (χ2n) is 4.71. The topological polar surface area (TPSA) is 58.6 Å². The molecule has 3 atom stereocenters. The molecule has 0 fully saturated rings. The molecule has 0 rings (SSSR count). The molecule has 0 aromatic rings. The van der Waals surface area contributed by atoms with Crippen molar-refractivity contribution < 1.29 is 14.6 Å². The number of carbonyl (C=O) groups excluding carboxylic acids is 1. The lowest BCUT2D eigenvalue weighted by Gasteiger charge is -2.29. The third kappa shape index (κ3) is 5.75. The zero-order valence-electron chi connectivity index (χ0n) is 11.4. The van der Waals surface area contributed by atoms with Gasteiger partial charge in [-0.25, -0.2) is 0 Å². The SMILES string of the molecule is CNC(C)(CC(C)SCC(C)CO)C(=O)OC.